The van der Waals surface area contributed by atoms with Crippen molar-refractivity contribution in [3.05, 3.63) is 121 Å². The zero-order valence-corrected chi connectivity index (χ0v) is 17.7. The molecule has 30 heavy (non-hydrogen) atoms. The van der Waals surface area contributed by atoms with Gasteiger partial charge in [0, 0.05) is 0 Å². The monoisotopic (exact) mass is 441 g/mol. The van der Waals surface area contributed by atoms with Gasteiger partial charge < -0.3 is 0 Å². The summed E-state index contributed by atoms with van der Waals surface area (Å²) in [6.45, 7) is 0. The summed E-state index contributed by atoms with van der Waals surface area (Å²) >= 11 is 0. The van der Waals surface area contributed by atoms with Gasteiger partial charge in [0.15, 0.2) is 0 Å². The van der Waals surface area contributed by atoms with Crippen LogP contribution in [0.15, 0.2) is 121 Å². The molecule has 0 aliphatic carbocycles. The molecule has 0 fully saturated rings. The molecule has 0 N–H and O–H groups in total. The molecule has 0 heterocycles. The smallest absolute Gasteiger partial charge is 0.160 e. The number of benzene rings is 4. The van der Waals surface area contributed by atoms with E-state index in [0.717, 1.165) is 0 Å². The van der Waals surface area contributed by atoms with Gasteiger partial charge in [0.1, 0.15) is 28.5 Å². The van der Waals surface area contributed by atoms with Crippen LogP contribution in [0.5, 0.6) is 0 Å². The predicted molar refractivity (Wildman–Crippen MR) is 122 cm³/mol. The quantitative estimate of drug-likeness (QED) is 0.346. The molecule has 0 spiro atoms. The number of rotatable bonds is 4. The highest BCUT2D eigenvalue weighted by molar-refractivity contribution is 8.01. The molecule has 0 saturated heterocycles. The average Bonchev–Trinajstić information content (AvgIpc) is 2.76. The summed E-state index contributed by atoms with van der Waals surface area (Å²) in [6, 6.07) is 43.8. The first-order chi connectivity index (χ1) is 14.4. The van der Waals surface area contributed by atoms with E-state index in [9.17, 15) is 7.77 Å². The van der Waals surface area contributed by atoms with E-state index in [4.69, 9.17) is 8.42 Å². The Labute approximate surface area is 176 Å². The molecular weight excluding hydrogens is 421 g/mol. The summed E-state index contributed by atoms with van der Waals surface area (Å²) in [7, 11) is -7.57. The molecule has 0 atom stereocenters. The Morgan fingerprint density at radius 2 is 0.600 bits per heavy atom. The van der Waals surface area contributed by atoms with E-state index >= 15 is 0 Å². The van der Waals surface area contributed by atoms with Gasteiger partial charge in [-0.3, -0.25) is 0 Å². The lowest BCUT2D eigenvalue weighted by atomic mass is 10.3. The van der Waals surface area contributed by atoms with Gasteiger partial charge in [-0.2, -0.15) is 8.42 Å². The Morgan fingerprint density at radius 3 is 0.767 bits per heavy atom. The van der Waals surface area contributed by atoms with Crippen LogP contribution in [-0.4, -0.2) is 8.42 Å². The fraction of sp³-hybridized carbons (Fsp3) is 0. The SMILES string of the molecule is O=S(=O)(F)F.c1ccc([P+](c2ccccc2)(c2ccccc2)c2ccccc2)cc1. The molecule has 0 amide bonds. The van der Waals surface area contributed by atoms with Gasteiger partial charge in [-0.25, -0.2) is 0 Å². The second kappa shape index (κ2) is 9.75. The van der Waals surface area contributed by atoms with E-state index < -0.39 is 17.9 Å². The fourth-order valence-electron chi connectivity index (χ4n) is 3.50. The lowest BCUT2D eigenvalue weighted by Gasteiger charge is -2.27. The summed E-state index contributed by atoms with van der Waals surface area (Å²) in [5, 5.41) is 5.55. The summed E-state index contributed by atoms with van der Waals surface area (Å²) in [6.07, 6.45) is 0. The molecule has 0 aliphatic heterocycles. The van der Waals surface area contributed by atoms with Crippen LogP contribution in [0.25, 0.3) is 0 Å². The Hall–Kier alpha value is -2.88. The molecule has 4 aromatic carbocycles. The standard InChI is InChI=1S/C24H20P.F2O2S/c1-5-13-21(14-6-1)25(22-15-7-2-8-16-22,23-17-9-3-10-18-23)24-19-11-4-12-20-24;1-5(2,3)4/h1-20H;/q+1;. The van der Waals surface area contributed by atoms with Crippen molar-refractivity contribution in [2.24, 2.45) is 0 Å². The first kappa shape index (κ1) is 21.8. The fourth-order valence-corrected chi connectivity index (χ4v) is 7.77. The molecular formula is C24H20F2O2PS+. The molecule has 0 radical (unpaired) electrons. The number of hydrogen-bond donors (Lipinski definition) is 0. The molecule has 0 unspecified atom stereocenters. The number of halogens is 2. The van der Waals surface area contributed by atoms with Crippen LogP contribution in [0.3, 0.4) is 0 Å². The molecule has 0 saturated carbocycles. The predicted octanol–water partition coefficient (Wildman–Crippen LogP) is 4.48. The molecule has 4 rings (SSSR count). The van der Waals surface area contributed by atoms with E-state index in [1.165, 1.54) is 21.2 Å². The molecule has 0 aliphatic rings. The molecule has 0 bridgehead atoms. The van der Waals surface area contributed by atoms with Crippen LogP contribution < -0.4 is 21.2 Å². The maximum Gasteiger partial charge on any atom is 0.476 e. The third-order valence-corrected chi connectivity index (χ3v) is 8.86. The second-order valence-electron chi connectivity index (χ2n) is 6.39. The maximum atomic E-state index is 9.99. The van der Waals surface area contributed by atoms with Crippen molar-refractivity contribution in [2.45, 2.75) is 0 Å². The molecule has 6 heteroatoms. The highest BCUT2D eigenvalue weighted by Gasteiger charge is 2.47. The van der Waals surface area contributed by atoms with Crippen LogP contribution >= 0.6 is 7.26 Å². The number of hydrogen-bond acceptors (Lipinski definition) is 2. The molecule has 2 nitrogen and oxygen atoms in total. The van der Waals surface area contributed by atoms with Gasteiger partial charge in [0.25, 0.3) is 0 Å². The van der Waals surface area contributed by atoms with E-state index in [1.54, 1.807) is 0 Å². The minimum Gasteiger partial charge on any atom is -0.160 e. The maximum absolute atomic E-state index is 9.99. The highest BCUT2D eigenvalue weighted by Crippen LogP contribution is 2.53. The molecule has 152 valence electrons. The largest absolute Gasteiger partial charge is 0.476 e. The normalized spacial score (nSPS) is 11.3. The van der Waals surface area contributed by atoms with Crippen LogP contribution in [0, 0.1) is 0 Å². The van der Waals surface area contributed by atoms with E-state index in [0.29, 0.717) is 0 Å². The Kier molecular flexibility index (Phi) is 7.09. The third kappa shape index (κ3) is 5.18. The topological polar surface area (TPSA) is 34.1 Å². The van der Waals surface area contributed by atoms with Crippen LogP contribution in [-0.2, 0) is 10.6 Å². The third-order valence-electron chi connectivity index (χ3n) is 4.57. The van der Waals surface area contributed by atoms with Gasteiger partial charge in [0.05, 0.1) is 0 Å². The Bertz CT molecular complexity index is 984. The minimum atomic E-state index is -5.67. The van der Waals surface area contributed by atoms with Gasteiger partial charge in [-0.05, 0) is 48.5 Å². The van der Waals surface area contributed by atoms with Crippen molar-refractivity contribution in [1.82, 2.24) is 0 Å². The van der Waals surface area contributed by atoms with Crippen molar-refractivity contribution < 1.29 is 16.2 Å². The lowest BCUT2D eigenvalue weighted by molar-refractivity contribution is 0.501. The second-order valence-corrected chi connectivity index (χ2v) is 10.6. The van der Waals surface area contributed by atoms with Crippen molar-refractivity contribution in [3.63, 3.8) is 0 Å². The van der Waals surface area contributed by atoms with Gasteiger partial charge in [-0.15, -0.1) is 0 Å². The van der Waals surface area contributed by atoms with Crippen molar-refractivity contribution in [3.8, 4) is 0 Å². The lowest BCUT2D eigenvalue weighted by Crippen LogP contribution is -2.38. The summed E-state index contributed by atoms with van der Waals surface area (Å²) < 4.78 is 36.6. The van der Waals surface area contributed by atoms with E-state index in [2.05, 4.69) is 121 Å². The Balaban J connectivity index is 0.000000461. The minimum absolute atomic E-state index is 1.39. The van der Waals surface area contributed by atoms with Crippen LogP contribution in [0.1, 0.15) is 0 Å². The van der Waals surface area contributed by atoms with Crippen LogP contribution in [0.4, 0.5) is 7.77 Å². The zero-order chi connectivity index (χ0) is 21.5. The summed E-state index contributed by atoms with van der Waals surface area (Å²) in [4.78, 5) is 0. The van der Waals surface area contributed by atoms with E-state index in [-0.39, 0.29) is 0 Å². The zero-order valence-electron chi connectivity index (χ0n) is 16.0. The highest BCUT2D eigenvalue weighted by atomic mass is 32.3. The Morgan fingerprint density at radius 1 is 0.433 bits per heavy atom. The van der Waals surface area contributed by atoms with Crippen LogP contribution in [0.2, 0.25) is 0 Å². The first-order valence-electron chi connectivity index (χ1n) is 9.18. The van der Waals surface area contributed by atoms with E-state index in [1.807, 2.05) is 0 Å². The average molecular weight is 441 g/mol. The van der Waals surface area contributed by atoms with Gasteiger partial charge >= 0.3 is 10.6 Å². The van der Waals surface area contributed by atoms with Crippen molar-refractivity contribution in [1.29, 1.82) is 0 Å². The van der Waals surface area contributed by atoms with Crippen molar-refractivity contribution >= 4 is 39.1 Å². The summed E-state index contributed by atoms with van der Waals surface area (Å²) in [5.41, 5.74) is 0. The van der Waals surface area contributed by atoms with Gasteiger partial charge in [0.2, 0.25) is 0 Å². The van der Waals surface area contributed by atoms with Crippen molar-refractivity contribution in [2.75, 3.05) is 0 Å². The first-order valence-corrected chi connectivity index (χ1v) is 12.3. The van der Waals surface area contributed by atoms with Gasteiger partial charge in [-0.1, -0.05) is 80.6 Å². The molecule has 0 aromatic heterocycles. The molecule has 4 aromatic rings. The summed E-state index contributed by atoms with van der Waals surface area (Å²) in [5.74, 6) is 0.